The van der Waals surface area contributed by atoms with Gasteiger partial charge in [-0.3, -0.25) is 9.80 Å². The van der Waals surface area contributed by atoms with E-state index >= 15 is 0 Å². The largest absolute Gasteiger partial charge is 0.469 e. The third kappa shape index (κ3) is 3.81. The maximum Gasteiger partial charge on any atom is 0.311 e. The van der Waals surface area contributed by atoms with Crippen molar-refractivity contribution in [1.29, 1.82) is 0 Å². The number of methoxy groups -OCH3 is 1. The molecule has 0 saturated carbocycles. The molecule has 1 rings (SSSR count). The highest BCUT2D eigenvalue weighted by atomic mass is 16.5. The smallest absolute Gasteiger partial charge is 0.311 e. The van der Waals surface area contributed by atoms with Gasteiger partial charge in [0.2, 0.25) is 0 Å². The van der Waals surface area contributed by atoms with Crippen LogP contribution >= 0.6 is 0 Å². The second-order valence-electron chi connectivity index (χ2n) is 2.94. The zero-order valence-corrected chi connectivity index (χ0v) is 8.88. The van der Waals surface area contributed by atoms with Crippen LogP contribution in [0.2, 0.25) is 0 Å². The van der Waals surface area contributed by atoms with Gasteiger partial charge < -0.3 is 4.74 Å². The molecule has 0 heterocycles. The van der Waals surface area contributed by atoms with Crippen LogP contribution in [0.4, 0.5) is 5.69 Å². The first-order valence-electron chi connectivity index (χ1n) is 4.62. The molecule has 0 fully saturated rings. The van der Waals surface area contributed by atoms with Crippen LogP contribution in [0.1, 0.15) is 6.42 Å². The first-order valence-corrected chi connectivity index (χ1v) is 4.62. The van der Waals surface area contributed by atoms with Gasteiger partial charge in [-0.05, 0) is 12.1 Å². The third-order valence-electron chi connectivity index (χ3n) is 1.87. The van der Waals surface area contributed by atoms with E-state index in [-0.39, 0.29) is 12.4 Å². The quantitative estimate of drug-likeness (QED) is 0.427. The summed E-state index contributed by atoms with van der Waals surface area (Å²) in [5.74, 6) is -0.291. The third-order valence-corrected chi connectivity index (χ3v) is 1.87. The van der Waals surface area contributed by atoms with Gasteiger partial charge in [-0.1, -0.05) is 18.2 Å². The first kappa shape index (κ1) is 11.2. The Morgan fingerprint density at radius 3 is 2.73 bits per heavy atom. The highest BCUT2D eigenvalue weighted by Crippen LogP contribution is 2.10. The van der Waals surface area contributed by atoms with Gasteiger partial charge in [0.05, 0.1) is 19.2 Å². The number of nitrogens with zero attached hydrogens (tertiary/aromatic N) is 2. The zero-order chi connectivity index (χ0) is 11.1. The Morgan fingerprint density at radius 2 is 2.13 bits per heavy atom. The van der Waals surface area contributed by atoms with Crippen LogP contribution in [0, 0.1) is 0 Å². The number of hydrogen-bond acceptors (Lipinski definition) is 4. The van der Waals surface area contributed by atoms with Gasteiger partial charge in [0.25, 0.3) is 0 Å². The van der Waals surface area contributed by atoms with E-state index in [0.717, 1.165) is 5.69 Å². The number of ether oxygens (including phenoxy) is 1. The number of para-hydroxylation sites is 1. The molecule has 0 atom stereocenters. The van der Waals surface area contributed by atoms with Crippen molar-refractivity contribution in [2.45, 2.75) is 6.42 Å². The van der Waals surface area contributed by atoms with Gasteiger partial charge in [0.1, 0.15) is 0 Å². The summed E-state index contributed by atoms with van der Waals surface area (Å²) in [5.41, 5.74) is 0.971. The first-order chi connectivity index (χ1) is 7.24. The summed E-state index contributed by atoms with van der Waals surface area (Å²) in [6, 6.07) is 9.68. The Morgan fingerprint density at radius 1 is 1.47 bits per heavy atom. The van der Waals surface area contributed by atoms with E-state index in [1.807, 2.05) is 37.4 Å². The molecule has 0 aliphatic heterocycles. The van der Waals surface area contributed by atoms with Crippen molar-refractivity contribution in [3.8, 4) is 0 Å². The minimum absolute atomic E-state index is 0.188. The molecule has 0 aliphatic carbocycles. The molecule has 0 spiro atoms. The van der Waals surface area contributed by atoms with Gasteiger partial charge in [-0.25, -0.2) is 0 Å². The predicted octanol–water partition coefficient (Wildman–Crippen LogP) is 1.67. The lowest BCUT2D eigenvalue weighted by Gasteiger charge is -2.11. The van der Waals surface area contributed by atoms with Gasteiger partial charge in [0.15, 0.2) is 0 Å². The molecule has 0 saturated heterocycles. The highest BCUT2D eigenvalue weighted by molar-refractivity contribution is 5.86. The molecular weight excluding hydrogens is 192 g/mol. The molecule has 1 aromatic carbocycles. The Hall–Kier alpha value is -1.84. The number of rotatable bonds is 4. The van der Waals surface area contributed by atoms with Crippen molar-refractivity contribution in [2.75, 3.05) is 19.2 Å². The predicted molar refractivity (Wildman–Crippen MR) is 60.0 cm³/mol. The van der Waals surface area contributed by atoms with Crippen LogP contribution in [0.3, 0.4) is 0 Å². The van der Waals surface area contributed by atoms with Crippen LogP contribution in [-0.4, -0.2) is 26.3 Å². The van der Waals surface area contributed by atoms with Crippen LogP contribution in [0.25, 0.3) is 0 Å². The standard InChI is InChI=1S/C11H14N2O2/c1-13(10-6-4-3-5-7-10)12-9-8-11(14)15-2/h3-7,9H,8H2,1-2H3/b12-9+. The van der Waals surface area contributed by atoms with Gasteiger partial charge >= 0.3 is 5.97 Å². The van der Waals surface area contributed by atoms with Crippen molar-refractivity contribution < 1.29 is 9.53 Å². The summed E-state index contributed by atoms with van der Waals surface area (Å²) >= 11 is 0. The monoisotopic (exact) mass is 206 g/mol. The van der Waals surface area contributed by atoms with E-state index in [1.54, 1.807) is 5.01 Å². The van der Waals surface area contributed by atoms with Crippen LogP contribution in [0.5, 0.6) is 0 Å². The molecule has 0 aromatic heterocycles. The van der Waals surface area contributed by atoms with Gasteiger partial charge in [0, 0.05) is 13.3 Å². The lowest BCUT2D eigenvalue weighted by molar-refractivity contribution is -0.139. The fraction of sp³-hybridized carbons (Fsp3) is 0.273. The molecule has 0 bridgehead atoms. The fourth-order valence-electron chi connectivity index (χ4n) is 1.03. The summed E-state index contributed by atoms with van der Waals surface area (Å²) in [6.45, 7) is 0. The molecule has 0 N–H and O–H groups in total. The van der Waals surface area contributed by atoms with Crippen LogP contribution < -0.4 is 5.01 Å². The summed E-state index contributed by atoms with van der Waals surface area (Å²) in [5, 5.41) is 5.79. The normalized spacial score (nSPS) is 10.3. The number of benzene rings is 1. The second kappa shape index (κ2) is 5.80. The topological polar surface area (TPSA) is 41.9 Å². The molecule has 1 aromatic rings. The number of carbonyl (C=O) groups excluding carboxylic acids is 1. The molecule has 4 nitrogen and oxygen atoms in total. The van der Waals surface area contributed by atoms with Crippen molar-refractivity contribution in [1.82, 2.24) is 0 Å². The molecular formula is C11H14N2O2. The van der Waals surface area contributed by atoms with E-state index in [0.29, 0.717) is 0 Å². The molecule has 0 aliphatic rings. The van der Waals surface area contributed by atoms with E-state index in [1.165, 1.54) is 13.3 Å². The fourth-order valence-corrected chi connectivity index (χ4v) is 1.03. The number of esters is 1. The lowest BCUT2D eigenvalue weighted by Crippen LogP contribution is -2.09. The van der Waals surface area contributed by atoms with E-state index < -0.39 is 0 Å². The summed E-state index contributed by atoms with van der Waals surface area (Å²) in [4.78, 5) is 10.8. The van der Waals surface area contributed by atoms with E-state index in [4.69, 9.17) is 0 Å². The zero-order valence-electron chi connectivity index (χ0n) is 8.88. The highest BCUT2D eigenvalue weighted by Gasteiger charge is 1.97. The maximum absolute atomic E-state index is 10.8. The van der Waals surface area contributed by atoms with Crippen LogP contribution in [0.15, 0.2) is 35.4 Å². The number of hydrogen-bond donors (Lipinski definition) is 0. The van der Waals surface area contributed by atoms with E-state index in [2.05, 4.69) is 9.84 Å². The van der Waals surface area contributed by atoms with E-state index in [9.17, 15) is 4.79 Å². The van der Waals surface area contributed by atoms with Crippen molar-refractivity contribution in [3.05, 3.63) is 30.3 Å². The Kier molecular flexibility index (Phi) is 4.34. The minimum Gasteiger partial charge on any atom is -0.469 e. The number of carbonyl (C=O) groups is 1. The average Bonchev–Trinajstić information content (AvgIpc) is 2.29. The van der Waals surface area contributed by atoms with Crippen molar-refractivity contribution in [3.63, 3.8) is 0 Å². The Balaban J connectivity index is 2.49. The maximum atomic E-state index is 10.8. The second-order valence-corrected chi connectivity index (χ2v) is 2.94. The number of hydrazone groups is 1. The Labute approximate surface area is 89.2 Å². The summed E-state index contributed by atoms with van der Waals surface area (Å²) in [7, 11) is 3.18. The van der Waals surface area contributed by atoms with Gasteiger partial charge in [-0.2, -0.15) is 5.10 Å². The molecule has 15 heavy (non-hydrogen) atoms. The molecule has 80 valence electrons. The summed E-state index contributed by atoms with van der Waals surface area (Å²) < 4.78 is 4.49. The summed E-state index contributed by atoms with van der Waals surface area (Å²) in [6.07, 6.45) is 1.71. The average molecular weight is 206 g/mol. The molecule has 0 amide bonds. The minimum atomic E-state index is -0.291. The Bertz CT molecular complexity index is 336. The SMILES string of the molecule is COC(=O)C/C=N/N(C)c1ccccc1. The van der Waals surface area contributed by atoms with Crippen LogP contribution in [-0.2, 0) is 9.53 Å². The molecule has 4 heteroatoms. The lowest BCUT2D eigenvalue weighted by atomic mass is 10.3. The van der Waals surface area contributed by atoms with Crippen molar-refractivity contribution in [2.24, 2.45) is 5.10 Å². The molecule has 0 radical (unpaired) electrons. The number of anilines is 1. The van der Waals surface area contributed by atoms with Crippen molar-refractivity contribution >= 4 is 17.9 Å². The van der Waals surface area contributed by atoms with Gasteiger partial charge in [-0.15, -0.1) is 0 Å². The molecule has 0 unspecified atom stereocenters.